The van der Waals surface area contributed by atoms with Crippen LogP contribution in [-0.4, -0.2) is 16.0 Å². The molecule has 0 unspecified atom stereocenters. The van der Waals surface area contributed by atoms with Crippen molar-refractivity contribution in [3.05, 3.63) is 76.6 Å². The fraction of sp³-hybridized carbons (Fsp3) is 0.0952. The van der Waals surface area contributed by atoms with Crippen LogP contribution in [0.5, 0.6) is 0 Å². The summed E-state index contributed by atoms with van der Waals surface area (Å²) in [5, 5.41) is 12.1. The number of rotatable bonds is 4. The Morgan fingerprint density at radius 3 is 2.57 bits per heavy atom. The second-order valence-electron chi connectivity index (χ2n) is 6.43. The minimum Gasteiger partial charge on any atom is -0.360 e. The second-order valence-corrected chi connectivity index (χ2v) is 6.84. The third-order valence-corrected chi connectivity index (χ3v) is 4.75. The number of amides is 1. The van der Waals surface area contributed by atoms with E-state index in [0.29, 0.717) is 28.0 Å². The van der Waals surface area contributed by atoms with Gasteiger partial charge >= 0.3 is 0 Å². The lowest BCUT2D eigenvalue weighted by molar-refractivity contribution is 0.102. The number of pyridine rings is 1. The Balaban J connectivity index is 1.70. The molecule has 2 aromatic heterocycles. The van der Waals surface area contributed by atoms with Crippen LogP contribution in [0.2, 0.25) is 5.02 Å². The van der Waals surface area contributed by atoms with Crippen molar-refractivity contribution in [2.24, 2.45) is 0 Å². The predicted molar refractivity (Wildman–Crippen MR) is 110 cm³/mol. The molecular weight excluding hydrogens is 376 g/mol. The number of hydrogen-bond donors (Lipinski definition) is 2. The average molecular weight is 393 g/mol. The zero-order valence-electron chi connectivity index (χ0n) is 15.3. The lowest BCUT2D eigenvalue weighted by Crippen LogP contribution is -2.13. The number of hydrogen-bond acceptors (Lipinski definition) is 5. The van der Waals surface area contributed by atoms with E-state index >= 15 is 0 Å². The number of benzene rings is 2. The van der Waals surface area contributed by atoms with Crippen LogP contribution in [0.15, 0.2) is 59.3 Å². The number of fused-ring (bicyclic) bond motifs is 1. The molecule has 0 aliphatic heterocycles. The highest BCUT2D eigenvalue weighted by Crippen LogP contribution is 2.29. The molecule has 28 heavy (non-hydrogen) atoms. The lowest BCUT2D eigenvalue weighted by Gasteiger charge is -2.12. The van der Waals surface area contributed by atoms with Crippen LogP contribution in [0.3, 0.4) is 0 Å². The van der Waals surface area contributed by atoms with E-state index in [2.05, 4.69) is 20.8 Å². The zero-order chi connectivity index (χ0) is 19.7. The highest BCUT2D eigenvalue weighted by Gasteiger charge is 2.15. The Hall–Kier alpha value is -3.38. The number of nitrogens with zero attached hydrogens (tertiary/aromatic N) is 2. The molecule has 140 valence electrons. The van der Waals surface area contributed by atoms with Gasteiger partial charge in [-0.05, 0) is 36.9 Å². The summed E-state index contributed by atoms with van der Waals surface area (Å²) in [6, 6.07) is 15.0. The molecule has 7 heteroatoms. The highest BCUT2D eigenvalue weighted by atomic mass is 35.5. The molecule has 0 spiro atoms. The minimum atomic E-state index is -0.304. The first-order valence-corrected chi connectivity index (χ1v) is 9.04. The van der Waals surface area contributed by atoms with Crippen molar-refractivity contribution in [1.82, 2.24) is 10.1 Å². The van der Waals surface area contributed by atoms with E-state index in [9.17, 15) is 4.79 Å². The lowest BCUT2D eigenvalue weighted by atomic mass is 10.1. The van der Waals surface area contributed by atoms with Gasteiger partial charge in [-0.2, -0.15) is 0 Å². The summed E-state index contributed by atoms with van der Waals surface area (Å²) in [6.45, 7) is 3.71. The van der Waals surface area contributed by atoms with Crippen molar-refractivity contribution in [3.63, 3.8) is 0 Å². The van der Waals surface area contributed by atoms with Crippen LogP contribution >= 0.6 is 11.6 Å². The Morgan fingerprint density at radius 1 is 1.07 bits per heavy atom. The molecule has 2 aromatic carbocycles. The normalized spacial score (nSPS) is 10.8. The van der Waals surface area contributed by atoms with E-state index in [1.54, 1.807) is 19.2 Å². The smallest absolute Gasteiger partial charge is 0.259 e. The van der Waals surface area contributed by atoms with E-state index in [0.717, 1.165) is 22.0 Å². The van der Waals surface area contributed by atoms with Gasteiger partial charge in [0.15, 0.2) is 5.82 Å². The largest absolute Gasteiger partial charge is 0.360 e. The van der Waals surface area contributed by atoms with Gasteiger partial charge in [0.05, 0.1) is 5.56 Å². The van der Waals surface area contributed by atoms with Crippen molar-refractivity contribution in [3.8, 4) is 0 Å². The Bertz CT molecular complexity index is 1190. The maximum atomic E-state index is 12.7. The van der Waals surface area contributed by atoms with Gasteiger partial charge in [0.1, 0.15) is 11.6 Å². The van der Waals surface area contributed by atoms with E-state index in [1.165, 1.54) is 0 Å². The standard InChI is InChI=1S/C21H17ClN4O2/c1-12-7-8-14(10-18(12)22)24-20-16-6-4-3-5-15(16)17(11-23-20)21(27)25-19-9-13(2)28-26-19/h3-11H,1-2H3,(H,23,24)(H,25,26,27). The Morgan fingerprint density at radius 2 is 1.86 bits per heavy atom. The Labute approximate surface area is 166 Å². The molecule has 0 bridgehead atoms. The van der Waals surface area contributed by atoms with Gasteiger partial charge in [0, 0.05) is 28.4 Å². The Kier molecular flexibility index (Phi) is 4.71. The molecule has 4 aromatic rings. The number of nitrogens with one attached hydrogen (secondary N) is 2. The summed E-state index contributed by atoms with van der Waals surface area (Å²) in [7, 11) is 0. The number of aromatic nitrogens is 2. The van der Waals surface area contributed by atoms with Gasteiger partial charge in [-0.15, -0.1) is 0 Å². The van der Waals surface area contributed by atoms with Gasteiger partial charge in [-0.1, -0.05) is 47.1 Å². The van der Waals surface area contributed by atoms with Gasteiger partial charge in [-0.25, -0.2) is 4.98 Å². The van der Waals surface area contributed by atoms with Crippen LogP contribution in [0.1, 0.15) is 21.7 Å². The fourth-order valence-electron chi connectivity index (χ4n) is 2.89. The molecule has 2 heterocycles. The van der Waals surface area contributed by atoms with Gasteiger partial charge in [0.2, 0.25) is 0 Å². The third-order valence-electron chi connectivity index (χ3n) is 4.34. The molecule has 0 aliphatic carbocycles. The van der Waals surface area contributed by atoms with E-state index < -0.39 is 0 Å². The number of carbonyl (C=O) groups is 1. The maximum Gasteiger partial charge on any atom is 0.259 e. The summed E-state index contributed by atoms with van der Waals surface area (Å²) in [4.78, 5) is 17.2. The van der Waals surface area contributed by atoms with E-state index in [1.807, 2.05) is 49.4 Å². The van der Waals surface area contributed by atoms with Crippen molar-refractivity contribution in [2.75, 3.05) is 10.6 Å². The van der Waals surface area contributed by atoms with Gasteiger partial charge in [0.25, 0.3) is 5.91 Å². The molecule has 0 aliphatic rings. The highest BCUT2D eigenvalue weighted by molar-refractivity contribution is 6.31. The zero-order valence-corrected chi connectivity index (χ0v) is 16.0. The molecule has 0 radical (unpaired) electrons. The first kappa shape index (κ1) is 18.0. The summed E-state index contributed by atoms with van der Waals surface area (Å²) >= 11 is 6.22. The molecule has 1 amide bonds. The molecule has 0 atom stereocenters. The molecule has 4 rings (SSSR count). The van der Waals surface area contributed by atoms with Crippen LogP contribution < -0.4 is 10.6 Å². The van der Waals surface area contributed by atoms with Crippen LogP contribution in [0.25, 0.3) is 10.8 Å². The van der Waals surface area contributed by atoms with Crippen LogP contribution in [0.4, 0.5) is 17.3 Å². The van der Waals surface area contributed by atoms with Crippen LogP contribution in [0, 0.1) is 13.8 Å². The van der Waals surface area contributed by atoms with Crippen molar-refractivity contribution in [1.29, 1.82) is 0 Å². The van der Waals surface area contributed by atoms with Crippen LogP contribution in [-0.2, 0) is 0 Å². The molecule has 2 N–H and O–H groups in total. The van der Waals surface area contributed by atoms with Crippen molar-refractivity contribution in [2.45, 2.75) is 13.8 Å². The quantitative estimate of drug-likeness (QED) is 0.480. The van der Waals surface area contributed by atoms with E-state index in [4.69, 9.17) is 16.1 Å². The fourth-order valence-corrected chi connectivity index (χ4v) is 3.07. The molecule has 0 fully saturated rings. The topological polar surface area (TPSA) is 80.0 Å². The summed E-state index contributed by atoms with van der Waals surface area (Å²) in [5.41, 5.74) is 2.27. The van der Waals surface area contributed by atoms with Gasteiger partial charge < -0.3 is 15.2 Å². The number of aryl methyl sites for hydroxylation is 2. The van der Waals surface area contributed by atoms with Crippen molar-refractivity contribution >= 4 is 45.6 Å². The predicted octanol–water partition coefficient (Wildman–Crippen LogP) is 5.49. The summed E-state index contributed by atoms with van der Waals surface area (Å²) in [6.07, 6.45) is 1.54. The second kappa shape index (κ2) is 7.32. The van der Waals surface area contributed by atoms with E-state index in [-0.39, 0.29) is 5.91 Å². The summed E-state index contributed by atoms with van der Waals surface area (Å²) in [5.74, 6) is 1.32. The third kappa shape index (κ3) is 3.54. The maximum absolute atomic E-state index is 12.7. The minimum absolute atomic E-state index is 0.304. The number of carbonyl (C=O) groups excluding carboxylic acids is 1. The first-order chi connectivity index (χ1) is 13.5. The monoisotopic (exact) mass is 392 g/mol. The molecular formula is C21H17ClN4O2. The molecule has 6 nitrogen and oxygen atoms in total. The average Bonchev–Trinajstić information content (AvgIpc) is 3.09. The first-order valence-electron chi connectivity index (χ1n) is 8.67. The van der Waals surface area contributed by atoms with Crippen molar-refractivity contribution < 1.29 is 9.32 Å². The molecule has 0 saturated heterocycles. The number of halogens is 1. The number of anilines is 3. The summed E-state index contributed by atoms with van der Waals surface area (Å²) < 4.78 is 4.99. The SMILES string of the molecule is Cc1cc(NC(=O)c2cnc(Nc3ccc(C)c(Cl)c3)c3ccccc23)no1. The molecule has 0 saturated carbocycles. The van der Waals surface area contributed by atoms with Gasteiger partial charge in [-0.3, -0.25) is 4.79 Å².